The standard InChI is InChI=1S/C31H47NO6/c1-3-5-7-9-11-13-20-32(21-14-12-10-8-6-4-2)26-18-19-27-25(22-31(36)38-28(27)23-26)24-37-30(35)17-15-16-29(33)34/h18-19,22-23H,3-17,20-21,24H2,1-2H3,(H,33,34). The normalized spacial score (nSPS) is 11.1. The van der Waals surface area contributed by atoms with E-state index in [1.165, 1.54) is 70.3 Å². The van der Waals surface area contributed by atoms with Crippen LogP contribution in [0.15, 0.2) is 33.5 Å². The van der Waals surface area contributed by atoms with Gasteiger partial charge < -0.3 is 19.2 Å². The minimum Gasteiger partial charge on any atom is -0.481 e. The van der Waals surface area contributed by atoms with Gasteiger partial charge in [0.1, 0.15) is 12.2 Å². The van der Waals surface area contributed by atoms with E-state index in [-0.39, 0.29) is 25.9 Å². The van der Waals surface area contributed by atoms with Crippen molar-refractivity contribution in [3.05, 3.63) is 40.2 Å². The molecule has 0 atom stereocenters. The molecule has 0 aliphatic carbocycles. The molecule has 1 heterocycles. The summed E-state index contributed by atoms with van der Waals surface area (Å²) in [5.74, 6) is -1.42. The molecule has 212 valence electrons. The lowest BCUT2D eigenvalue weighted by Gasteiger charge is -2.25. The first-order chi connectivity index (χ1) is 18.4. The lowest BCUT2D eigenvalue weighted by molar-refractivity contribution is -0.145. The highest BCUT2D eigenvalue weighted by molar-refractivity contribution is 5.84. The number of benzene rings is 1. The molecule has 1 aromatic heterocycles. The van der Waals surface area contributed by atoms with Gasteiger partial charge in [0.05, 0.1) is 0 Å². The number of carbonyl (C=O) groups excluding carboxylic acids is 1. The summed E-state index contributed by atoms with van der Waals surface area (Å²) < 4.78 is 10.9. The van der Waals surface area contributed by atoms with E-state index < -0.39 is 17.6 Å². The number of carboxylic acid groups (broad SMARTS) is 1. The zero-order valence-electron chi connectivity index (χ0n) is 23.5. The molecular weight excluding hydrogens is 482 g/mol. The van der Waals surface area contributed by atoms with E-state index in [0.29, 0.717) is 11.1 Å². The minimum atomic E-state index is -0.942. The van der Waals surface area contributed by atoms with E-state index in [9.17, 15) is 14.4 Å². The van der Waals surface area contributed by atoms with Crippen LogP contribution in [0, 0.1) is 0 Å². The van der Waals surface area contributed by atoms with Gasteiger partial charge in [0.2, 0.25) is 0 Å². The zero-order chi connectivity index (χ0) is 27.6. The predicted octanol–water partition coefficient (Wildman–Crippen LogP) is 7.62. The number of aliphatic carboxylic acids is 1. The lowest BCUT2D eigenvalue weighted by atomic mass is 10.1. The monoisotopic (exact) mass is 529 g/mol. The second-order valence-electron chi connectivity index (χ2n) is 10.2. The van der Waals surface area contributed by atoms with Crippen LogP contribution < -0.4 is 10.5 Å². The first kappa shape index (κ1) is 31.4. The Balaban J connectivity index is 2.08. The van der Waals surface area contributed by atoms with E-state index in [1.54, 1.807) is 0 Å². The molecule has 7 nitrogen and oxygen atoms in total. The van der Waals surface area contributed by atoms with Crippen molar-refractivity contribution in [1.29, 1.82) is 0 Å². The molecule has 38 heavy (non-hydrogen) atoms. The van der Waals surface area contributed by atoms with E-state index in [1.807, 2.05) is 12.1 Å². The molecule has 7 heteroatoms. The van der Waals surface area contributed by atoms with Crippen LogP contribution in [0.2, 0.25) is 0 Å². The highest BCUT2D eigenvalue weighted by atomic mass is 16.5. The molecular formula is C31H47NO6. The molecule has 0 bridgehead atoms. The Morgan fingerprint density at radius 1 is 0.816 bits per heavy atom. The summed E-state index contributed by atoms with van der Waals surface area (Å²) in [6.45, 7) is 6.37. The number of hydrogen-bond acceptors (Lipinski definition) is 6. The Bertz CT molecular complexity index is 1010. The summed E-state index contributed by atoms with van der Waals surface area (Å²) >= 11 is 0. The highest BCUT2D eigenvalue weighted by Crippen LogP contribution is 2.25. The molecule has 0 aliphatic rings. The predicted molar refractivity (Wildman–Crippen MR) is 153 cm³/mol. The number of anilines is 1. The minimum absolute atomic E-state index is 0.0294. The number of carbonyl (C=O) groups is 2. The van der Waals surface area contributed by atoms with Crippen molar-refractivity contribution >= 4 is 28.6 Å². The summed E-state index contributed by atoms with van der Waals surface area (Å²) in [7, 11) is 0. The summed E-state index contributed by atoms with van der Waals surface area (Å²) in [5.41, 5.74) is 1.64. The maximum Gasteiger partial charge on any atom is 0.336 e. The number of unbranched alkanes of at least 4 members (excludes halogenated alkanes) is 10. The molecule has 0 unspecified atom stereocenters. The largest absolute Gasteiger partial charge is 0.481 e. The molecule has 0 radical (unpaired) electrons. The van der Waals surface area contributed by atoms with Crippen molar-refractivity contribution in [1.82, 2.24) is 0 Å². The average Bonchev–Trinajstić information content (AvgIpc) is 2.89. The second-order valence-corrected chi connectivity index (χ2v) is 10.2. The number of ether oxygens (including phenoxy) is 1. The van der Waals surface area contributed by atoms with Crippen LogP contribution in [-0.2, 0) is 20.9 Å². The quantitative estimate of drug-likeness (QED) is 0.101. The fraction of sp³-hybridized carbons (Fsp3) is 0.645. The molecule has 2 rings (SSSR count). The Morgan fingerprint density at radius 2 is 1.42 bits per heavy atom. The third-order valence-corrected chi connectivity index (χ3v) is 6.90. The number of hydrogen-bond donors (Lipinski definition) is 1. The number of carboxylic acids is 1. The Morgan fingerprint density at radius 3 is 2.03 bits per heavy atom. The van der Waals surface area contributed by atoms with Gasteiger partial charge in [-0.25, -0.2) is 4.79 Å². The van der Waals surface area contributed by atoms with Gasteiger partial charge in [0.25, 0.3) is 0 Å². The maximum absolute atomic E-state index is 12.3. The van der Waals surface area contributed by atoms with Crippen molar-refractivity contribution in [3.8, 4) is 0 Å². The summed E-state index contributed by atoms with van der Waals surface area (Å²) in [6.07, 6.45) is 15.1. The zero-order valence-corrected chi connectivity index (χ0v) is 23.5. The molecule has 0 fully saturated rings. The second kappa shape index (κ2) is 18.4. The van der Waals surface area contributed by atoms with Gasteiger partial charge in [0.15, 0.2) is 0 Å². The fourth-order valence-electron chi connectivity index (χ4n) is 4.69. The van der Waals surface area contributed by atoms with Crippen molar-refractivity contribution in [2.75, 3.05) is 18.0 Å². The van der Waals surface area contributed by atoms with Crippen molar-refractivity contribution in [2.45, 2.75) is 117 Å². The Hall–Kier alpha value is -2.83. The fourth-order valence-corrected chi connectivity index (χ4v) is 4.69. The van der Waals surface area contributed by atoms with Gasteiger partial charge in [-0.15, -0.1) is 0 Å². The van der Waals surface area contributed by atoms with Crippen LogP contribution in [-0.4, -0.2) is 30.1 Å². The molecule has 0 saturated heterocycles. The summed E-state index contributed by atoms with van der Waals surface area (Å²) in [6, 6.07) is 7.30. The van der Waals surface area contributed by atoms with Crippen LogP contribution in [0.25, 0.3) is 11.0 Å². The maximum atomic E-state index is 12.3. The average molecular weight is 530 g/mol. The number of fused-ring (bicyclic) bond motifs is 1. The Kier molecular flexibility index (Phi) is 15.2. The topological polar surface area (TPSA) is 97.0 Å². The number of esters is 1. The van der Waals surface area contributed by atoms with Gasteiger partial charge in [-0.1, -0.05) is 78.1 Å². The first-order valence-corrected chi connectivity index (χ1v) is 14.6. The van der Waals surface area contributed by atoms with E-state index in [2.05, 4.69) is 24.8 Å². The molecule has 1 aromatic carbocycles. The summed E-state index contributed by atoms with van der Waals surface area (Å²) in [5, 5.41) is 9.47. The lowest BCUT2D eigenvalue weighted by Crippen LogP contribution is -2.25. The Labute approximate surface area is 227 Å². The van der Waals surface area contributed by atoms with Crippen LogP contribution in [0.4, 0.5) is 5.69 Å². The van der Waals surface area contributed by atoms with Gasteiger partial charge in [-0.05, 0) is 31.4 Å². The number of nitrogens with zero attached hydrogens (tertiary/aromatic N) is 1. The molecule has 0 saturated carbocycles. The molecule has 2 aromatic rings. The molecule has 0 amide bonds. The highest BCUT2D eigenvalue weighted by Gasteiger charge is 2.13. The van der Waals surface area contributed by atoms with Crippen molar-refractivity contribution in [3.63, 3.8) is 0 Å². The van der Waals surface area contributed by atoms with E-state index in [4.69, 9.17) is 14.3 Å². The molecule has 0 aliphatic heterocycles. The van der Waals surface area contributed by atoms with Gasteiger partial charge >= 0.3 is 17.6 Å². The molecule has 0 spiro atoms. The van der Waals surface area contributed by atoms with E-state index in [0.717, 1.165) is 37.0 Å². The smallest absolute Gasteiger partial charge is 0.336 e. The van der Waals surface area contributed by atoms with Crippen LogP contribution in [0.3, 0.4) is 0 Å². The first-order valence-electron chi connectivity index (χ1n) is 14.6. The van der Waals surface area contributed by atoms with Crippen LogP contribution >= 0.6 is 0 Å². The SMILES string of the molecule is CCCCCCCCN(CCCCCCCC)c1ccc2c(COC(=O)CCCC(=O)O)cc(=O)oc2c1. The van der Waals surface area contributed by atoms with Gasteiger partial charge in [-0.2, -0.15) is 0 Å². The van der Waals surface area contributed by atoms with Crippen molar-refractivity contribution in [2.24, 2.45) is 0 Å². The summed E-state index contributed by atoms with van der Waals surface area (Å²) in [4.78, 5) is 37.3. The van der Waals surface area contributed by atoms with Gasteiger partial charge in [-0.3, -0.25) is 9.59 Å². The van der Waals surface area contributed by atoms with E-state index >= 15 is 0 Å². The van der Waals surface area contributed by atoms with Crippen molar-refractivity contribution < 1.29 is 23.8 Å². The third kappa shape index (κ3) is 12.1. The van der Waals surface area contributed by atoms with Crippen LogP contribution in [0.5, 0.6) is 0 Å². The van der Waals surface area contributed by atoms with Crippen LogP contribution in [0.1, 0.15) is 116 Å². The molecule has 1 N–H and O–H groups in total. The third-order valence-electron chi connectivity index (χ3n) is 6.90. The number of rotatable bonds is 21. The van der Waals surface area contributed by atoms with Gasteiger partial charge in [0, 0.05) is 54.7 Å².